The molecule has 21 heavy (non-hydrogen) atoms. The van der Waals surface area contributed by atoms with Crippen molar-refractivity contribution in [3.8, 4) is 0 Å². The van der Waals surface area contributed by atoms with Gasteiger partial charge in [0, 0.05) is 10.3 Å². The summed E-state index contributed by atoms with van der Waals surface area (Å²) in [6, 6.07) is 13.5. The monoisotopic (exact) mass is 299 g/mol. The fraction of sp³-hybridized carbons (Fsp3) is 0.222. The third kappa shape index (κ3) is 2.71. The van der Waals surface area contributed by atoms with E-state index in [1.807, 2.05) is 31.2 Å². The molecule has 0 radical (unpaired) electrons. The van der Waals surface area contributed by atoms with Crippen molar-refractivity contribution in [3.63, 3.8) is 0 Å². The molecule has 1 unspecified atom stereocenters. The van der Waals surface area contributed by atoms with Crippen LogP contribution in [0.15, 0.2) is 47.8 Å². The minimum atomic E-state index is -0.151. The normalized spacial score (nSPS) is 12.7. The summed E-state index contributed by atoms with van der Waals surface area (Å²) < 4.78 is 15.5. The van der Waals surface area contributed by atoms with Gasteiger partial charge in [-0.25, -0.2) is 4.39 Å². The summed E-state index contributed by atoms with van der Waals surface area (Å²) in [4.78, 5) is 0. The molecule has 0 aliphatic rings. The van der Waals surface area contributed by atoms with Crippen molar-refractivity contribution in [2.75, 3.05) is 6.54 Å². The summed E-state index contributed by atoms with van der Waals surface area (Å²) in [5, 5.41) is 6.77. The fourth-order valence-corrected chi connectivity index (χ4v) is 3.68. The van der Waals surface area contributed by atoms with E-state index < -0.39 is 0 Å². The topological polar surface area (TPSA) is 12.0 Å². The van der Waals surface area contributed by atoms with E-state index in [2.05, 4.69) is 29.8 Å². The van der Waals surface area contributed by atoms with Gasteiger partial charge in [-0.3, -0.25) is 0 Å². The van der Waals surface area contributed by atoms with Crippen LogP contribution >= 0.6 is 11.3 Å². The third-order valence-corrected chi connectivity index (χ3v) is 4.67. The maximum absolute atomic E-state index is 14.3. The summed E-state index contributed by atoms with van der Waals surface area (Å²) in [5.74, 6) is -0.151. The smallest absolute Gasteiger partial charge is 0.128 e. The third-order valence-electron chi connectivity index (χ3n) is 3.69. The van der Waals surface area contributed by atoms with E-state index in [0.29, 0.717) is 0 Å². The molecule has 1 nitrogen and oxygen atoms in total. The zero-order valence-electron chi connectivity index (χ0n) is 12.2. The number of nitrogens with one attached hydrogen (secondary N) is 1. The van der Waals surface area contributed by atoms with E-state index in [0.717, 1.165) is 23.2 Å². The molecule has 0 saturated carbocycles. The molecule has 3 aromatic rings. The van der Waals surface area contributed by atoms with Crippen LogP contribution in [0.1, 0.15) is 29.7 Å². The second kappa shape index (κ2) is 5.96. The van der Waals surface area contributed by atoms with E-state index in [4.69, 9.17) is 0 Å². The number of rotatable bonds is 4. The van der Waals surface area contributed by atoms with Crippen LogP contribution in [-0.4, -0.2) is 6.54 Å². The van der Waals surface area contributed by atoms with Crippen molar-refractivity contribution >= 4 is 21.4 Å². The lowest BCUT2D eigenvalue weighted by Crippen LogP contribution is -2.22. The number of hydrogen-bond donors (Lipinski definition) is 1. The minimum Gasteiger partial charge on any atom is -0.306 e. The number of benzene rings is 2. The molecule has 0 aliphatic heterocycles. The van der Waals surface area contributed by atoms with Gasteiger partial charge in [0.05, 0.1) is 6.04 Å². The summed E-state index contributed by atoms with van der Waals surface area (Å²) in [6.45, 7) is 4.84. The van der Waals surface area contributed by atoms with Crippen LogP contribution < -0.4 is 5.32 Å². The zero-order chi connectivity index (χ0) is 14.8. The summed E-state index contributed by atoms with van der Waals surface area (Å²) in [7, 11) is 0. The van der Waals surface area contributed by atoms with Gasteiger partial charge in [-0.2, -0.15) is 0 Å². The minimum absolute atomic E-state index is 0.106. The highest BCUT2D eigenvalue weighted by Gasteiger charge is 2.20. The second-order valence-electron chi connectivity index (χ2n) is 5.20. The van der Waals surface area contributed by atoms with Gasteiger partial charge >= 0.3 is 0 Å². The van der Waals surface area contributed by atoms with E-state index in [9.17, 15) is 4.39 Å². The average molecular weight is 299 g/mol. The number of aryl methyl sites for hydroxylation is 1. The van der Waals surface area contributed by atoms with Gasteiger partial charge in [0.1, 0.15) is 5.82 Å². The SMILES string of the molecule is CCNC(c1cc(C)ccc1F)c1csc2ccccc12. The predicted octanol–water partition coefficient (Wildman–Crippen LogP) is 5.05. The van der Waals surface area contributed by atoms with Gasteiger partial charge in [0.15, 0.2) is 0 Å². The average Bonchev–Trinajstić information content (AvgIpc) is 2.91. The molecule has 0 saturated heterocycles. The van der Waals surface area contributed by atoms with Gasteiger partial charge < -0.3 is 5.32 Å². The van der Waals surface area contributed by atoms with Crippen LogP contribution in [-0.2, 0) is 0 Å². The molecule has 3 rings (SSSR count). The lowest BCUT2D eigenvalue weighted by Gasteiger charge is -2.19. The quantitative estimate of drug-likeness (QED) is 0.711. The Labute approximate surface area is 128 Å². The Balaban J connectivity index is 2.15. The molecule has 0 fully saturated rings. The molecule has 0 amide bonds. The van der Waals surface area contributed by atoms with Crippen LogP contribution in [0.3, 0.4) is 0 Å². The summed E-state index contributed by atoms with van der Waals surface area (Å²) >= 11 is 1.71. The predicted molar refractivity (Wildman–Crippen MR) is 88.5 cm³/mol. The van der Waals surface area contributed by atoms with Crippen molar-refractivity contribution in [1.29, 1.82) is 0 Å². The molecule has 2 aromatic carbocycles. The van der Waals surface area contributed by atoms with Gasteiger partial charge in [0.25, 0.3) is 0 Å². The van der Waals surface area contributed by atoms with Gasteiger partial charge in [0.2, 0.25) is 0 Å². The second-order valence-corrected chi connectivity index (χ2v) is 6.11. The highest BCUT2D eigenvalue weighted by atomic mass is 32.1. The molecule has 3 heteroatoms. The van der Waals surface area contributed by atoms with E-state index in [1.165, 1.54) is 10.1 Å². The molecule has 1 aromatic heterocycles. The van der Waals surface area contributed by atoms with Gasteiger partial charge in [-0.15, -0.1) is 11.3 Å². The molecule has 108 valence electrons. The Morgan fingerprint density at radius 2 is 1.95 bits per heavy atom. The summed E-state index contributed by atoms with van der Waals surface area (Å²) in [5.41, 5.74) is 2.95. The van der Waals surface area contributed by atoms with Crippen molar-refractivity contribution in [1.82, 2.24) is 5.32 Å². The molecule has 1 N–H and O–H groups in total. The Morgan fingerprint density at radius 1 is 1.14 bits per heavy atom. The molecule has 1 atom stereocenters. The van der Waals surface area contributed by atoms with Crippen LogP contribution in [0.2, 0.25) is 0 Å². The first-order valence-electron chi connectivity index (χ1n) is 7.16. The number of halogens is 1. The first kappa shape index (κ1) is 14.2. The first-order valence-corrected chi connectivity index (χ1v) is 8.04. The Kier molecular flexibility index (Phi) is 4.04. The molecule has 0 aliphatic carbocycles. The molecular formula is C18H18FNS. The Hall–Kier alpha value is -1.71. The van der Waals surface area contributed by atoms with E-state index in [1.54, 1.807) is 17.4 Å². The Bertz CT molecular complexity index is 763. The number of thiophene rings is 1. The van der Waals surface area contributed by atoms with Crippen LogP contribution in [0, 0.1) is 12.7 Å². The lowest BCUT2D eigenvalue weighted by molar-refractivity contribution is 0.561. The van der Waals surface area contributed by atoms with E-state index in [-0.39, 0.29) is 11.9 Å². The maximum atomic E-state index is 14.3. The van der Waals surface area contributed by atoms with Crippen molar-refractivity contribution in [2.24, 2.45) is 0 Å². The highest BCUT2D eigenvalue weighted by molar-refractivity contribution is 7.17. The highest BCUT2D eigenvalue weighted by Crippen LogP contribution is 2.34. The van der Waals surface area contributed by atoms with Gasteiger partial charge in [-0.1, -0.05) is 42.8 Å². The van der Waals surface area contributed by atoms with Gasteiger partial charge in [-0.05, 0) is 41.9 Å². The maximum Gasteiger partial charge on any atom is 0.128 e. The Morgan fingerprint density at radius 3 is 2.76 bits per heavy atom. The lowest BCUT2D eigenvalue weighted by atomic mass is 9.96. The van der Waals surface area contributed by atoms with Crippen molar-refractivity contribution in [2.45, 2.75) is 19.9 Å². The molecule has 0 spiro atoms. The molecule has 1 heterocycles. The van der Waals surface area contributed by atoms with E-state index >= 15 is 0 Å². The summed E-state index contributed by atoms with van der Waals surface area (Å²) in [6.07, 6.45) is 0. The van der Waals surface area contributed by atoms with Crippen LogP contribution in [0.4, 0.5) is 4.39 Å². The van der Waals surface area contributed by atoms with Crippen molar-refractivity contribution < 1.29 is 4.39 Å². The molecule has 0 bridgehead atoms. The number of hydrogen-bond acceptors (Lipinski definition) is 2. The largest absolute Gasteiger partial charge is 0.306 e. The zero-order valence-corrected chi connectivity index (χ0v) is 13.0. The van der Waals surface area contributed by atoms with Crippen molar-refractivity contribution in [3.05, 3.63) is 70.4 Å². The van der Waals surface area contributed by atoms with Crippen LogP contribution in [0.25, 0.3) is 10.1 Å². The number of fused-ring (bicyclic) bond motifs is 1. The van der Waals surface area contributed by atoms with Crippen LogP contribution in [0.5, 0.6) is 0 Å². The standard InChI is InChI=1S/C18H18FNS/c1-3-20-18(14-10-12(2)8-9-16(14)19)15-11-21-17-7-5-4-6-13(15)17/h4-11,18,20H,3H2,1-2H3. The first-order chi connectivity index (χ1) is 10.2. The fourth-order valence-electron chi connectivity index (χ4n) is 2.70. The molecular weight excluding hydrogens is 281 g/mol.